The summed E-state index contributed by atoms with van der Waals surface area (Å²) in [5.41, 5.74) is -0.890. The topological polar surface area (TPSA) is 12.5 Å². The Labute approximate surface area is 100 Å². The highest BCUT2D eigenvalue weighted by molar-refractivity contribution is 7.80. The van der Waals surface area contributed by atoms with E-state index in [4.69, 9.17) is 27.9 Å². The van der Waals surface area contributed by atoms with Crippen molar-refractivity contribution < 1.29 is 13.5 Å². The summed E-state index contributed by atoms with van der Waals surface area (Å²) < 4.78 is 30.4. The van der Waals surface area contributed by atoms with E-state index in [0.29, 0.717) is 4.90 Å². The highest BCUT2D eigenvalue weighted by Crippen LogP contribution is 2.46. The molecule has 0 saturated carbocycles. The van der Waals surface area contributed by atoms with Gasteiger partial charge in [0.1, 0.15) is 0 Å². The van der Waals surface area contributed by atoms with E-state index in [1.54, 1.807) is 0 Å². The SMILES string of the molecule is FC(F)N1c2cc(Cl)cc(Cl)c2OC1S. The number of hydrogen-bond donors (Lipinski definition) is 1. The van der Waals surface area contributed by atoms with Gasteiger partial charge in [0, 0.05) is 5.02 Å². The molecule has 0 spiro atoms. The Hall–Kier alpha value is -0.390. The minimum atomic E-state index is -2.72. The fourth-order valence-electron chi connectivity index (χ4n) is 1.34. The van der Waals surface area contributed by atoms with Crippen LogP contribution in [0.25, 0.3) is 0 Å². The molecule has 1 aliphatic rings. The Morgan fingerprint density at radius 1 is 1.40 bits per heavy atom. The van der Waals surface area contributed by atoms with Crippen molar-refractivity contribution in [3.05, 3.63) is 22.2 Å². The van der Waals surface area contributed by atoms with Crippen LogP contribution in [0.2, 0.25) is 10.0 Å². The second-order valence-corrected chi connectivity index (χ2v) is 4.15. The molecule has 0 bridgehead atoms. The first kappa shape index (κ1) is 11.1. The number of hydrogen-bond acceptors (Lipinski definition) is 3. The molecule has 7 heteroatoms. The minimum Gasteiger partial charge on any atom is -0.457 e. The largest absolute Gasteiger partial charge is 0.457 e. The molecule has 1 unspecified atom stereocenters. The van der Waals surface area contributed by atoms with Gasteiger partial charge in [-0.2, -0.15) is 8.78 Å². The number of anilines is 1. The molecule has 1 aliphatic heterocycles. The van der Waals surface area contributed by atoms with Gasteiger partial charge in [-0.1, -0.05) is 23.2 Å². The van der Waals surface area contributed by atoms with Crippen molar-refractivity contribution in [3.63, 3.8) is 0 Å². The lowest BCUT2D eigenvalue weighted by atomic mass is 10.3. The van der Waals surface area contributed by atoms with Gasteiger partial charge in [0.2, 0.25) is 5.56 Å². The monoisotopic (exact) mass is 271 g/mol. The molecule has 0 fully saturated rings. The normalized spacial score (nSPS) is 19.3. The van der Waals surface area contributed by atoms with Crippen LogP contribution in [0.4, 0.5) is 14.5 Å². The molecule has 0 N–H and O–H groups in total. The third-order valence-electron chi connectivity index (χ3n) is 1.94. The second kappa shape index (κ2) is 3.88. The predicted molar refractivity (Wildman–Crippen MR) is 58.3 cm³/mol. The number of alkyl halides is 2. The molecule has 1 heterocycles. The van der Waals surface area contributed by atoms with Gasteiger partial charge in [0.25, 0.3) is 0 Å². The van der Waals surface area contributed by atoms with Crippen LogP contribution in [0.5, 0.6) is 5.75 Å². The van der Waals surface area contributed by atoms with Gasteiger partial charge in [-0.3, -0.25) is 4.90 Å². The molecular weight excluding hydrogens is 267 g/mol. The Balaban J connectivity index is 2.53. The van der Waals surface area contributed by atoms with E-state index in [1.165, 1.54) is 12.1 Å². The molecule has 1 aromatic rings. The molecule has 1 atom stereocenters. The van der Waals surface area contributed by atoms with Crippen molar-refractivity contribution in [2.24, 2.45) is 0 Å². The molecule has 0 radical (unpaired) electrons. The molecule has 0 amide bonds. The molecule has 2 rings (SSSR count). The maximum absolute atomic E-state index is 12.6. The molecule has 15 heavy (non-hydrogen) atoms. The van der Waals surface area contributed by atoms with E-state index < -0.39 is 12.1 Å². The fourth-order valence-corrected chi connectivity index (χ4v) is 2.20. The van der Waals surface area contributed by atoms with Crippen molar-refractivity contribution >= 4 is 41.5 Å². The van der Waals surface area contributed by atoms with Crippen LogP contribution in [-0.2, 0) is 0 Å². The zero-order valence-electron chi connectivity index (χ0n) is 7.12. The Bertz CT molecular complexity index is 404. The molecule has 1 aromatic carbocycles. The quantitative estimate of drug-likeness (QED) is 0.619. The lowest BCUT2D eigenvalue weighted by Crippen LogP contribution is -2.34. The minimum absolute atomic E-state index is 0.155. The highest BCUT2D eigenvalue weighted by Gasteiger charge is 2.35. The van der Waals surface area contributed by atoms with Crippen molar-refractivity contribution in [3.8, 4) is 5.75 Å². The Morgan fingerprint density at radius 2 is 2.07 bits per heavy atom. The summed E-state index contributed by atoms with van der Waals surface area (Å²) >= 11 is 15.4. The molecule has 82 valence electrons. The predicted octanol–water partition coefficient (Wildman–Crippen LogP) is 3.63. The molecule has 0 saturated heterocycles. The standard InChI is InChI=1S/C8H5Cl2F2NOS/c9-3-1-4(10)6-5(2-3)13(7(11)12)8(15)14-6/h1-2,7-8,15H. The van der Waals surface area contributed by atoms with Crippen LogP contribution in [0.15, 0.2) is 12.1 Å². The van der Waals surface area contributed by atoms with Crippen molar-refractivity contribution in [1.29, 1.82) is 0 Å². The van der Waals surface area contributed by atoms with E-state index in [-0.39, 0.29) is 21.5 Å². The zero-order valence-corrected chi connectivity index (χ0v) is 9.53. The highest BCUT2D eigenvalue weighted by atomic mass is 35.5. The summed E-state index contributed by atoms with van der Waals surface area (Å²) in [5.74, 6) is 0.182. The lowest BCUT2D eigenvalue weighted by molar-refractivity contribution is 0.120. The third kappa shape index (κ3) is 1.84. The van der Waals surface area contributed by atoms with Gasteiger partial charge in [0.05, 0.1) is 10.7 Å². The van der Waals surface area contributed by atoms with Crippen molar-refractivity contribution in [2.75, 3.05) is 4.90 Å². The van der Waals surface area contributed by atoms with Crippen LogP contribution < -0.4 is 9.64 Å². The molecule has 0 aliphatic carbocycles. The number of fused-ring (bicyclic) bond motifs is 1. The average molecular weight is 272 g/mol. The number of halogens is 4. The van der Waals surface area contributed by atoms with Crippen LogP contribution in [0.3, 0.4) is 0 Å². The van der Waals surface area contributed by atoms with Crippen molar-refractivity contribution in [1.82, 2.24) is 0 Å². The maximum Gasteiger partial charge on any atom is 0.318 e. The first-order chi connectivity index (χ1) is 7.00. The van der Waals surface area contributed by atoms with E-state index in [9.17, 15) is 8.78 Å². The fraction of sp³-hybridized carbons (Fsp3) is 0.250. The van der Waals surface area contributed by atoms with Gasteiger partial charge in [-0.05, 0) is 12.1 Å². The van der Waals surface area contributed by atoms with E-state index in [2.05, 4.69) is 12.6 Å². The van der Waals surface area contributed by atoms with Gasteiger partial charge in [-0.25, -0.2) is 0 Å². The van der Waals surface area contributed by atoms with Gasteiger partial charge < -0.3 is 4.74 Å². The summed E-state index contributed by atoms with van der Waals surface area (Å²) in [7, 11) is 0. The van der Waals surface area contributed by atoms with Crippen molar-refractivity contribution in [2.45, 2.75) is 12.1 Å². The molecule has 0 aromatic heterocycles. The zero-order chi connectivity index (χ0) is 11.2. The summed E-state index contributed by atoms with van der Waals surface area (Å²) in [4.78, 5) is 0.691. The average Bonchev–Trinajstić information content (AvgIpc) is 2.41. The van der Waals surface area contributed by atoms with Gasteiger partial charge in [0.15, 0.2) is 5.75 Å². The van der Waals surface area contributed by atoms with Gasteiger partial charge >= 0.3 is 6.55 Å². The smallest absolute Gasteiger partial charge is 0.318 e. The number of thiol groups is 1. The van der Waals surface area contributed by atoms with E-state index >= 15 is 0 Å². The first-order valence-corrected chi connectivity index (χ1v) is 5.18. The van der Waals surface area contributed by atoms with E-state index in [0.717, 1.165) is 0 Å². The summed E-state index contributed by atoms with van der Waals surface area (Å²) in [6, 6.07) is 2.79. The number of rotatable bonds is 1. The number of nitrogens with zero attached hydrogens (tertiary/aromatic N) is 1. The first-order valence-electron chi connectivity index (χ1n) is 3.91. The lowest BCUT2D eigenvalue weighted by Gasteiger charge is -2.19. The third-order valence-corrected chi connectivity index (χ3v) is 2.79. The summed E-state index contributed by atoms with van der Waals surface area (Å²) in [5, 5.41) is 0.468. The summed E-state index contributed by atoms with van der Waals surface area (Å²) in [6.07, 6.45) is 0. The Morgan fingerprint density at radius 3 is 2.67 bits per heavy atom. The summed E-state index contributed by atoms with van der Waals surface area (Å²) in [6.45, 7) is -2.72. The Kier molecular flexibility index (Phi) is 2.87. The molecular formula is C8H5Cl2F2NOS. The van der Waals surface area contributed by atoms with Crippen LogP contribution in [0, 0.1) is 0 Å². The second-order valence-electron chi connectivity index (χ2n) is 2.86. The van der Waals surface area contributed by atoms with E-state index in [1.807, 2.05) is 0 Å². The van der Waals surface area contributed by atoms with Gasteiger partial charge in [-0.15, -0.1) is 12.6 Å². The number of ether oxygens (including phenoxy) is 1. The van der Waals surface area contributed by atoms with Crippen LogP contribution in [-0.4, -0.2) is 12.1 Å². The molecule has 2 nitrogen and oxygen atoms in total. The number of benzene rings is 1. The van der Waals surface area contributed by atoms with Crippen LogP contribution >= 0.6 is 35.8 Å². The maximum atomic E-state index is 12.6. The van der Waals surface area contributed by atoms with Crippen LogP contribution in [0.1, 0.15) is 0 Å².